The van der Waals surface area contributed by atoms with Crippen LogP contribution in [0.15, 0.2) is 11.3 Å². The molecule has 0 amide bonds. The van der Waals surface area contributed by atoms with Crippen LogP contribution in [0.4, 0.5) is 0 Å². The van der Waals surface area contributed by atoms with Gasteiger partial charge in [-0.25, -0.2) is 0 Å². The van der Waals surface area contributed by atoms with Crippen LogP contribution in [0.2, 0.25) is 0 Å². The SMILES string of the molecule is CC(C)=C=[C]=[Ru]([Cl])[Cl]. The molecule has 0 N–H and O–H groups in total. The second kappa shape index (κ2) is 4.51. The number of rotatable bonds is 0. The van der Waals surface area contributed by atoms with Crippen LogP contribution in [-0.4, -0.2) is 4.26 Å². The van der Waals surface area contributed by atoms with Gasteiger partial charge in [-0.3, -0.25) is 0 Å². The fraction of sp³-hybridized carbons (Fsp3) is 0.400. The molecule has 0 nitrogen and oxygen atoms in total. The van der Waals surface area contributed by atoms with Crippen LogP contribution >= 0.6 is 19.4 Å². The van der Waals surface area contributed by atoms with Crippen molar-refractivity contribution in [2.24, 2.45) is 0 Å². The Morgan fingerprint density at radius 1 is 1.38 bits per heavy atom. The number of allylic oxidation sites excluding steroid dienone is 1. The van der Waals surface area contributed by atoms with Crippen molar-refractivity contribution in [2.45, 2.75) is 13.8 Å². The molecular formula is C5H6Cl2Ru. The van der Waals surface area contributed by atoms with E-state index in [0.29, 0.717) is 0 Å². The molecule has 0 unspecified atom stereocenters. The summed E-state index contributed by atoms with van der Waals surface area (Å²) in [6.45, 7) is 3.86. The summed E-state index contributed by atoms with van der Waals surface area (Å²) in [5, 5.41) is 0. The van der Waals surface area contributed by atoms with Gasteiger partial charge in [0.2, 0.25) is 0 Å². The van der Waals surface area contributed by atoms with E-state index in [2.05, 4.69) is 10.00 Å². The van der Waals surface area contributed by atoms with Crippen molar-refractivity contribution < 1.29 is 13.5 Å². The minimum absolute atomic E-state index is 1.06. The summed E-state index contributed by atoms with van der Waals surface area (Å²) < 4.78 is 2.73. The van der Waals surface area contributed by atoms with E-state index in [1.165, 1.54) is 0 Å². The maximum atomic E-state index is 5.44. The number of halogens is 2. The molecule has 0 aliphatic carbocycles. The summed E-state index contributed by atoms with van der Waals surface area (Å²) in [4.78, 5) is 0. The molecule has 0 spiro atoms. The first-order valence-electron chi connectivity index (χ1n) is 1.94. The Balaban J connectivity index is 4.47. The van der Waals surface area contributed by atoms with Crippen molar-refractivity contribution in [3.05, 3.63) is 11.3 Å². The van der Waals surface area contributed by atoms with E-state index in [1.54, 1.807) is 0 Å². The first-order valence-corrected chi connectivity index (χ1v) is 7.29. The van der Waals surface area contributed by atoms with Crippen molar-refractivity contribution in [1.82, 2.24) is 0 Å². The monoisotopic (exact) mass is 238 g/mol. The third-order valence-electron chi connectivity index (χ3n) is 0.361. The first-order chi connectivity index (χ1) is 3.63. The van der Waals surface area contributed by atoms with Crippen molar-refractivity contribution in [3.63, 3.8) is 0 Å². The summed E-state index contributed by atoms with van der Waals surface area (Å²) in [6.07, 6.45) is 0. The molecule has 0 aromatic carbocycles. The molecule has 0 heterocycles. The molecule has 0 aliphatic rings. The van der Waals surface area contributed by atoms with E-state index in [1.807, 2.05) is 13.8 Å². The summed E-state index contributed by atoms with van der Waals surface area (Å²) in [6, 6.07) is 0. The van der Waals surface area contributed by atoms with Crippen LogP contribution in [0.5, 0.6) is 0 Å². The molecule has 0 fully saturated rings. The van der Waals surface area contributed by atoms with Crippen LogP contribution in [0.3, 0.4) is 0 Å². The van der Waals surface area contributed by atoms with E-state index < -0.39 is 13.5 Å². The third kappa shape index (κ3) is 6.63. The molecule has 0 aromatic heterocycles. The Hall–Kier alpha value is 0.633. The van der Waals surface area contributed by atoms with Gasteiger partial charge in [0.25, 0.3) is 0 Å². The van der Waals surface area contributed by atoms with Crippen LogP contribution in [0.1, 0.15) is 13.8 Å². The van der Waals surface area contributed by atoms with E-state index >= 15 is 0 Å². The fourth-order valence-corrected chi connectivity index (χ4v) is 1.12. The molecular weight excluding hydrogens is 232 g/mol. The van der Waals surface area contributed by atoms with Crippen LogP contribution in [0.25, 0.3) is 0 Å². The van der Waals surface area contributed by atoms with Crippen LogP contribution < -0.4 is 0 Å². The molecule has 0 saturated carbocycles. The minimum atomic E-state index is -1.70. The van der Waals surface area contributed by atoms with Gasteiger partial charge in [0, 0.05) is 0 Å². The Bertz CT molecular complexity index is 143. The van der Waals surface area contributed by atoms with Gasteiger partial charge in [-0.2, -0.15) is 0 Å². The molecule has 0 bridgehead atoms. The average molecular weight is 238 g/mol. The third-order valence-corrected chi connectivity index (χ3v) is 1.70. The van der Waals surface area contributed by atoms with Gasteiger partial charge in [-0.15, -0.1) is 0 Å². The fourth-order valence-electron chi connectivity index (χ4n) is 0.122. The summed E-state index contributed by atoms with van der Waals surface area (Å²) in [5.74, 6) is 0. The van der Waals surface area contributed by atoms with Crippen molar-refractivity contribution >= 4 is 23.6 Å². The van der Waals surface area contributed by atoms with Gasteiger partial charge >= 0.3 is 62.3 Å². The molecule has 3 heteroatoms. The van der Waals surface area contributed by atoms with Crippen molar-refractivity contribution in [2.75, 3.05) is 0 Å². The Labute approximate surface area is 62.3 Å². The van der Waals surface area contributed by atoms with E-state index in [-0.39, 0.29) is 0 Å². The van der Waals surface area contributed by atoms with E-state index in [0.717, 1.165) is 5.57 Å². The Morgan fingerprint density at radius 3 is 2.00 bits per heavy atom. The van der Waals surface area contributed by atoms with Gasteiger partial charge in [0.05, 0.1) is 0 Å². The molecule has 0 radical (unpaired) electrons. The van der Waals surface area contributed by atoms with Crippen LogP contribution in [-0.2, 0) is 13.5 Å². The summed E-state index contributed by atoms with van der Waals surface area (Å²) in [7, 11) is 10.9. The van der Waals surface area contributed by atoms with Crippen molar-refractivity contribution in [1.29, 1.82) is 0 Å². The van der Waals surface area contributed by atoms with Gasteiger partial charge in [0.15, 0.2) is 0 Å². The average Bonchev–Trinajstić information content (AvgIpc) is 1.61. The Kier molecular flexibility index (Phi) is 4.86. The molecule has 0 atom stereocenters. The van der Waals surface area contributed by atoms with Crippen molar-refractivity contribution in [3.8, 4) is 0 Å². The number of hydrogen-bond donors (Lipinski definition) is 0. The first kappa shape index (κ1) is 8.63. The number of hydrogen-bond acceptors (Lipinski definition) is 0. The zero-order chi connectivity index (χ0) is 6.57. The van der Waals surface area contributed by atoms with Gasteiger partial charge in [-0.05, 0) is 0 Å². The molecule has 0 rings (SSSR count). The topological polar surface area (TPSA) is 0 Å². The van der Waals surface area contributed by atoms with Gasteiger partial charge < -0.3 is 0 Å². The second-order valence-electron chi connectivity index (χ2n) is 1.40. The standard InChI is InChI=1S/C5H6.2ClH.Ru/c1-4-5(2)3;;;/h2-3H3;2*1H;/q;;;+2/p-2. The zero-order valence-electron chi connectivity index (χ0n) is 4.61. The van der Waals surface area contributed by atoms with Gasteiger partial charge in [0.1, 0.15) is 0 Å². The second-order valence-corrected chi connectivity index (χ2v) is 6.71. The maximum absolute atomic E-state index is 5.44. The quantitative estimate of drug-likeness (QED) is 0.449. The summed E-state index contributed by atoms with van der Waals surface area (Å²) >= 11 is -1.70. The molecule has 48 valence electrons. The van der Waals surface area contributed by atoms with Crippen LogP contribution in [0, 0.1) is 0 Å². The Morgan fingerprint density at radius 2 is 1.88 bits per heavy atom. The molecule has 0 saturated heterocycles. The summed E-state index contributed by atoms with van der Waals surface area (Å²) in [5.41, 5.74) is 3.87. The predicted octanol–water partition coefficient (Wildman–Crippen LogP) is 2.43. The van der Waals surface area contributed by atoms with E-state index in [9.17, 15) is 0 Å². The molecule has 8 heavy (non-hydrogen) atoms. The molecule has 0 aliphatic heterocycles. The zero-order valence-corrected chi connectivity index (χ0v) is 7.86. The predicted molar refractivity (Wildman–Crippen MR) is 35.1 cm³/mol. The normalized spacial score (nSPS) is 9.25. The van der Waals surface area contributed by atoms with E-state index in [4.69, 9.17) is 19.4 Å². The van der Waals surface area contributed by atoms with Gasteiger partial charge in [-0.1, -0.05) is 0 Å². The molecule has 0 aromatic rings.